The van der Waals surface area contributed by atoms with E-state index < -0.39 is 17.9 Å². The summed E-state index contributed by atoms with van der Waals surface area (Å²) in [5, 5.41) is 12.2. The van der Waals surface area contributed by atoms with E-state index in [1.165, 1.54) is 6.20 Å². The van der Waals surface area contributed by atoms with Crippen LogP contribution in [0.4, 0.5) is 0 Å². The Kier molecular flexibility index (Phi) is 8.45. The van der Waals surface area contributed by atoms with Gasteiger partial charge in [-0.2, -0.15) is 5.26 Å². The largest absolute Gasteiger partial charge is 0.461 e. The second-order valence-corrected chi connectivity index (χ2v) is 7.66. The van der Waals surface area contributed by atoms with Gasteiger partial charge in [0.1, 0.15) is 13.2 Å². The van der Waals surface area contributed by atoms with Crippen LogP contribution in [0.15, 0.2) is 83.7 Å². The molecule has 2 aromatic carbocycles. The van der Waals surface area contributed by atoms with E-state index in [0.717, 1.165) is 5.56 Å². The van der Waals surface area contributed by atoms with Crippen molar-refractivity contribution in [2.45, 2.75) is 19.3 Å². The number of halogens is 1. The highest BCUT2D eigenvalue weighted by atomic mass is 35.5. The second-order valence-electron chi connectivity index (χ2n) is 7.23. The molecule has 168 valence electrons. The quantitative estimate of drug-likeness (QED) is 0.443. The second kappa shape index (κ2) is 11.7. The summed E-state index contributed by atoms with van der Waals surface area (Å²) in [5.74, 6) is -1.91. The van der Waals surface area contributed by atoms with Crippen molar-refractivity contribution in [1.29, 1.82) is 5.26 Å². The molecule has 0 bridgehead atoms. The van der Waals surface area contributed by atoms with Crippen LogP contribution in [0.5, 0.6) is 0 Å². The number of rotatable bonds is 8. The predicted molar refractivity (Wildman–Crippen MR) is 126 cm³/mol. The van der Waals surface area contributed by atoms with Gasteiger partial charge in [0.15, 0.2) is 0 Å². The molecule has 3 rings (SSSR count). The Morgan fingerprint density at radius 1 is 1.12 bits per heavy atom. The first-order valence-electron chi connectivity index (χ1n) is 10.4. The molecule has 0 amide bonds. The van der Waals surface area contributed by atoms with E-state index in [1.807, 2.05) is 42.5 Å². The average Bonchev–Trinajstić information content (AvgIpc) is 2.82. The molecule has 0 aliphatic carbocycles. The lowest BCUT2D eigenvalue weighted by molar-refractivity contribution is -0.139. The van der Waals surface area contributed by atoms with Crippen LogP contribution in [0, 0.1) is 11.3 Å². The van der Waals surface area contributed by atoms with E-state index in [4.69, 9.17) is 26.3 Å². The molecule has 1 aliphatic heterocycles. The molecule has 7 heteroatoms. The molecule has 1 heterocycles. The van der Waals surface area contributed by atoms with Gasteiger partial charge in [-0.3, -0.25) is 0 Å². The number of benzene rings is 2. The van der Waals surface area contributed by atoms with E-state index >= 15 is 0 Å². The summed E-state index contributed by atoms with van der Waals surface area (Å²) >= 11 is 6.19. The van der Waals surface area contributed by atoms with Gasteiger partial charge in [-0.25, -0.2) is 9.59 Å². The van der Waals surface area contributed by atoms with E-state index in [-0.39, 0.29) is 30.8 Å². The number of nitrogens with one attached hydrogen (secondary N) is 1. The molecule has 0 spiro atoms. The van der Waals surface area contributed by atoms with Crippen molar-refractivity contribution < 1.29 is 19.1 Å². The maximum atomic E-state index is 13.0. The maximum absolute atomic E-state index is 13.0. The number of esters is 2. The summed E-state index contributed by atoms with van der Waals surface area (Å²) in [4.78, 5) is 25.9. The fraction of sp³-hybridized carbons (Fsp3) is 0.192. The lowest BCUT2D eigenvalue weighted by Crippen LogP contribution is -2.30. The van der Waals surface area contributed by atoms with E-state index in [0.29, 0.717) is 16.3 Å². The molecule has 0 radical (unpaired) electrons. The predicted octanol–water partition coefficient (Wildman–Crippen LogP) is 4.90. The fourth-order valence-electron chi connectivity index (χ4n) is 3.42. The molecule has 1 aliphatic rings. The van der Waals surface area contributed by atoms with E-state index in [2.05, 4.69) is 5.32 Å². The molecule has 2 aromatic rings. The highest BCUT2D eigenvalue weighted by Crippen LogP contribution is 2.37. The Hall–Kier alpha value is -3.82. The third-order valence-corrected chi connectivity index (χ3v) is 5.19. The van der Waals surface area contributed by atoms with Gasteiger partial charge in [-0.1, -0.05) is 60.1 Å². The standard InChI is InChI=1S/C26H23ClN2O4/c1-18-23(26(31)33-15-7-13-28)24(20-11-5-12-21(27)16-20)22(17-29-18)25(30)32-14-6-10-19-8-3-2-4-9-19/h2-6,8-12,16-17,24,29H,7,14-15H2,1H3. The van der Waals surface area contributed by atoms with Gasteiger partial charge in [0.25, 0.3) is 0 Å². The number of nitriles is 1. The Balaban J connectivity index is 1.83. The Bertz CT molecular complexity index is 1150. The lowest BCUT2D eigenvalue weighted by atomic mass is 9.82. The van der Waals surface area contributed by atoms with Gasteiger partial charge < -0.3 is 14.8 Å². The first-order valence-corrected chi connectivity index (χ1v) is 10.7. The molecule has 0 fully saturated rings. The Labute approximate surface area is 197 Å². The fourth-order valence-corrected chi connectivity index (χ4v) is 3.62. The van der Waals surface area contributed by atoms with E-state index in [1.54, 1.807) is 37.3 Å². The zero-order valence-electron chi connectivity index (χ0n) is 18.1. The van der Waals surface area contributed by atoms with Crippen molar-refractivity contribution in [3.8, 4) is 6.07 Å². The van der Waals surface area contributed by atoms with E-state index in [9.17, 15) is 9.59 Å². The zero-order valence-corrected chi connectivity index (χ0v) is 18.8. The first-order chi connectivity index (χ1) is 16.0. The summed E-state index contributed by atoms with van der Waals surface area (Å²) in [6.45, 7) is 1.75. The van der Waals surface area contributed by atoms with Crippen LogP contribution in [-0.2, 0) is 19.1 Å². The van der Waals surface area contributed by atoms with Gasteiger partial charge in [0.2, 0.25) is 0 Å². The number of nitrogens with zero attached hydrogens (tertiary/aromatic N) is 1. The van der Waals surface area contributed by atoms with Crippen molar-refractivity contribution in [3.05, 3.63) is 99.9 Å². The van der Waals surface area contributed by atoms with Crippen molar-refractivity contribution in [1.82, 2.24) is 5.32 Å². The number of carbonyl (C=O) groups is 2. The zero-order chi connectivity index (χ0) is 23.6. The minimum Gasteiger partial charge on any atom is -0.461 e. The molecule has 6 nitrogen and oxygen atoms in total. The van der Waals surface area contributed by atoms with Crippen molar-refractivity contribution >= 4 is 29.6 Å². The topological polar surface area (TPSA) is 88.4 Å². The SMILES string of the molecule is CC1=C(C(=O)OCCC#N)C(c2cccc(Cl)c2)C(C(=O)OCC=Cc2ccccc2)=CN1. The Morgan fingerprint density at radius 2 is 1.91 bits per heavy atom. The molecule has 1 N–H and O–H groups in total. The average molecular weight is 463 g/mol. The number of ether oxygens (including phenoxy) is 2. The van der Waals surface area contributed by atoms with Crippen molar-refractivity contribution in [2.75, 3.05) is 13.2 Å². The van der Waals surface area contributed by atoms with Crippen LogP contribution in [0.1, 0.15) is 30.4 Å². The number of allylic oxidation sites excluding steroid dienone is 1. The van der Waals surface area contributed by atoms with Crippen molar-refractivity contribution in [3.63, 3.8) is 0 Å². The third kappa shape index (κ3) is 6.34. The number of carbonyl (C=O) groups excluding carboxylic acids is 2. The summed E-state index contributed by atoms with van der Waals surface area (Å²) in [6.07, 6.45) is 5.22. The van der Waals surface area contributed by atoms with Crippen LogP contribution in [-0.4, -0.2) is 25.2 Å². The Morgan fingerprint density at radius 3 is 2.64 bits per heavy atom. The van der Waals surface area contributed by atoms with Gasteiger partial charge in [-0.15, -0.1) is 0 Å². The van der Waals surface area contributed by atoms with Gasteiger partial charge in [0.05, 0.1) is 29.6 Å². The summed E-state index contributed by atoms with van der Waals surface area (Å²) in [6, 6.07) is 18.5. The van der Waals surface area contributed by atoms with Crippen molar-refractivity contribution in [2.24, 2.45) is 0 Å². The molecule has 1 unspecified atom stereocenters. The number of hydrogen-bond donors (Lipinski definition) is 1. The summed E-state index contributed by atoms with van der Waals surface area (Å²) in [5.41, 5.74) is 2.71. The van der Waals surface area contributed by atoms with Crippen LogP contribution < -0.4 is 5.32 Å². The maximum Gasteiger partial charge on any atom is 0.336 e. The number of dihydropyridines is 1. The summed E-state index contributed by atoms with van der Waals surface area (Å²) < 4.78 is 10.7. The van der Waals surface area contributed by atoms with Crippen LogP contribution in [0.3, 0.4) is 0 Å². The van der Waals surface area contributed by atoms with Crippen LogP contribution >= 0.6 is 11.6 Å². The highest BCUT2D eigenvalue weighted by molar-refractivity contribution is 6.30. The minimum absolute atomic E-state index is 0.0395. The monoisotopic (exact) mass is 462 g/mol. The normalized spacial score (nSPS) is 15.4. The highest BCUT2D eigenvalue weighted by Gasteiger charge is 2.36. The minimum atomic E-state index is -0.731. The van der Waals surface area contributed by atoms with Crippen LogP contribution in [0.25, 0.3) is 6.08 Å². The molecule has 33 heavy (non-hydrogen) atoms. The smallest absolute Gasteiger partial charge is 0.336 e. The molecule has 0 saturated carbocycles. The van der Waals surface area contributed by atoms with Crippen LogP contribution in [0.2, 0.25) is 5.02 Å². The number of hydrogen-bond acceptors (Lipinski definition) is 6. The molecule has 1 atom stereocenters. The molecule has 0 aromatic heterocycles. The van der Waals surface area contributed by atoms with Gasteiger partial charge >= 0.3 is 11.9 Å². The molecule has 0 saturated heterocycles. The van der Waals surface area contributed by atoms with Gasteiger partial charge in [-0.05, 0) is 36.3 Å². The van der Waals surface area contributed by atoms with Gasteiger partial charge in [0, 0.05) is 16.9 Å². The molecular formula is C26H23ClN2O4. The third-order valence-electron chi connectivity index (χ3n) is 4.95. The summed E-state index contributed by atoms with van der Waals surface area (Å²) in [7, 11) is 0. The first kappa shape index (κ1) is 23.8. The lowest BCUT2D eigenvalue weighted by Gasteiger charge is -2.27. The molecular weight excluding hydrogens is 440 g/mol.